The quantitative estimate of drug-likeness (QED) is 0.852. The van der Waals surface area contributed by atoms with Crippen molar-refractivity contribution < 1.29 is 14.3 Å². The Morgan fingerprint density at radius 2 is 2.17 bits per heavy atom. The first-order valence-corrected chi connectivity index (χ1v) is 6.11. The highest BCUT2D eigenvalue weighted by Gasteiger charge is 2.20. The van der Waals surface area contributed by atoms with E-state index in [2.05, 4.69) is 10.2 Å². The number of carbonyl (C=O) groups is 1. The molecule has 1 saturated heterocycles. The lowest BCUT2D eigenvalue weighted by molar-refractivity contribution is -0.136. The zero-order valence-electron chi connectivity index (χ0n) is 10.1. The number of carboxylic acids is 1. The van der Waals surface area contributed by atoms with Crippen molar-refractivity contribution >= 4 is 11.7 Å². The van der Waals surface area contributed by atoms with Crippen LogP contribution in [0.5, 0.6) is 0 Å². The monoisotopic (exact) mass is 252 g/mol. The molecule has 1 aliphatic rings. The molecule has 1 aliphatic heterocycles. The van der Waals surface area contributed by atoms with Crippen molar-refractivity contribution in [2.75, 3.05) is 24.5 Å². The van der Waals surface area contributed by atoms with Gasteiger partial charge in [-0.05, 0) is 37.1 Å². The molecule has 0 radical (unpaired) electrons. The zero-order chi connectivity index (χ0) is 13.0. The Morgan fingerprint density at radius 1 is 1.44 bits per heavy atom. The number of nitrogens with zero attached hydrogens (tertiary/aromatic N) is 1. The smallest absolute Gasteiger partial charge is 0.317 e. The lowest BCUT2D eigenvalue weighted by Gasteiger charge is -2.34. The van der Waals surface area contributed by atoms with Crippen LogP contribution in [0.2, 0.25) is 0 Å². The predicted octanol–water partition coefficient (Wildman–Crippen LogP) is 1.47. The molecule has 18 heavy (non-hydrogen) atoms. The molecule has 4 nitrogen and oxygen atoms in total. The molecule has 5 heteroatoms. The van der Waals surface area contributed by atoms with Gasteiger partial charge in [0.1, 0.15) is 5.82 Å². The standard InChI is InChI=1S/C13H17FN2O2/c14-10-3-5-12(6-4-10)16-7-1-2-11(9-16)15-8-13(17)18/h3-6,11,15H,1-2,7-9H2,(H,17,18). The van der Waals surface area contributed by atoms with Gasteiger partial charge in [-0.3, -0.25) is 4.79 Å². The fourth-order valence-corrected chi connectivity index (χ4v) is 2.26. The van der Waals surface area contributed by atoms with Crippen LogP contribution in [0, 0.1) is 5.82 Å². The van der Waals surface area contributed by atoms with Crippen molar-refractivity contribution in [1.29, 1.82) is 0 Å². The summed E-state index contributed by atoms with van der Waals surface area (Å²) in [4.78, 5) is 12.7. The van der Waals surface area contributed by atoms with Gasteiger partial charge in [0.15, 0.2) is 0 Å². The summed E-state index contributed by atoms with van der Waals surface area (Å²) >= 11 is 0. The molecule has 1 unspecified atom stereocenters. The molecular formula is C13H17FN2O2. The zero-order valence-corrected chi connectivity index (χ0v) is 10.1. The fourth-order valence-electron chi connectivity index (χ4n) is 2.26. The average Bonchev–Trinajstić information content (AvgIpc) is 2.37. The lowest BCUT2D eigenvalue weighted by atomic mass is 10.0. The summed E-state index contributed by atoms with van der Waals surface area (Å²) in [5, 5.41) is 11.7. The van der Waals surface area contributed by atoms with Crippen molar-refractivity contribution in [3.63, 3.8) is 0 Å². The van der Waals surface area contributed by atoms with E-state index < -0.39 is 5.97 Å². The molecular weight excluding hydrogens is 235 g/mol. The molecule has 2 rings (SSSR count). The molecule has 0 aliphatic carbocycles. The molecule has 1 heterocycles. The topological polar surface area (TPSA) is 52.6 Å². The van der Waals surface area contributed by atoms with E-state index in [4.69, 9.17) is 5.11 Å². The highest BCUT2D eigenvalue weighted by molar-refractivity contribution is 5.69. The van der Waals surface area contributed by atoms with Gasteiger partial charge < -0.3 is 15.3 Å². The third-order valence-electron chi connectivity index (χ3n) is 3.16. The van der Waals surface area contributed by atoms with Crippen LogP contribution in [-0.2, 0) is 4.79 Å². The van der Waals surface area contributed by atoms with Crippen molar-refractivity contribution in [3.05, 3.63) is 30.1 Å². The largest absolute Gasteiger partial charge is 0.480 e. The van der Waals surface area contributed by atoms with Crippen LogP contribution >= 0.6 is 0 Å². The third-order valence-corrected chi connectivity index (χ3v) is 3.16. The minimum Gasteiger partial charge on any atom is -0.480 e. The van der Waals surface area contributed by atoms with E-state index in [0.717, 1.165) is 31.6 Å². The number of benzene rings is 1. The summed E-state index contributed by atoms with van der Waals surface area (Å²) in [5.41, 5.74) is 0.984. The van der Waals surface area contributed by atoms with Crippen LogP contribution in [0.1, 0.15) is 12.8 Å². The Labute approximate surface area is 105 Å². The second kappa shape index (κ2) is 5.82. The maximum atomic E-state index is 12.8. The Morgan fingerprint density at radius 3 is 2.83 bits per heavy atom. The summed E-state index contributed by atoms with van der Waals surface area (Å²) in [6, 6.07) is 6.59. The Hall–Kier alpha value is -1.62. The van der Waals surface area contributed by atoms with Crippen molar-refractivity contribution in [1.82, 2.24) is 5.32 Å². The summed E-state index contributed by atoms with van der Waals surface area (Å²) in [7, 11) is 0. The van der Waals surface area contributed by atoms with Crippen LogP contribution in [0.4, 0.5) is 10.1 Å². The minimum absolute atomic E-state index is 0.0120. The second-order valence-electron chi connectivity index (χ2n) is 4.54. The Kier molecular flexibility index (Phi) is 4.15. The number of carboxylic acid groups (broad SMARTS) is 1. The van der Waals surface area contributed by atoms with Gasteiger partial charge in [-0.15, -0.1) is 0 Å². The number of anilines is 1. The van der Waals surface area contributed by atoms with Gasteiger partial charge >= 0.3 is 5.97 Å². The van der Waals surface area contributed by atoms with Crippen LogP contribution in [0.15, 0.2) is 24.3 Å². The van der Waals surface area contributed by atoms with E-state index in [1.807, 2.05) is 0 Å². The van der Waals surface area contributed by atoms with Gasteiger partial charge in [0.25, 0.3) is 0 Å². The highest BCUT2D eigenvalue weighted by Crippen LogP contribution is 2.20. The van der Waals surface area contributed by atoms with Gasteiger partial charge in [-0.2, -0.15) is 0 Å². The van der Waals surface area contributed by atoms with Gasteiger partial charge in [-0.1, -0.05) is 0 Å². The number of piperidine rings is 1. The normalized spacial score (nSPS) is 19.8. The first kappa shape index (κ1) is 12.8. The van der Waals surface area contributed by atoms with Crippen molar-refractivity contribution in [3.8, 4) is 0 Å². The number of aliphatic carboxylic acids is 1. The van der Waals surface area contributed by atoms with Crippen LogP contribution in [-0.4, -0.2) is 36.8 Å². The molecule has 1 fully saturated rings. The number of nitrogens with one attached hydrogen (secondary N) is 1. The number of hydrogen-bond donors (Lipinski definition) is 2. The molecule has 1 aromatic carbocycles. The summed E-state index contributed by atoms with van der Waals surface area (Å²) in [6.45, 7) is 1.68. The molecule has 0 bridgehead atoms. The molecule has 0 saturated carbocycles. The number of rotatable bonds is 4. The summed E-state index contributed by atoms with van der Waals surface area (Å²) < 4.78 is 12.8. The van der Waals surface area contributed by atoms with Crippen LogP contribution in [0.3, 0.4) is 0 Å². The number of hydrogen-bond acceptors (Lipinski definition) is 3. The van der Waals surface area contributed by atoms with E-state index in [1.165, 1.54) is 12.1 Å². The lowest BCUT2D eigenvalue weighted by Crippen LogP contribution is -2.47. The number of halogens is 1. The summed E-state index contributed by atoms with van der Waals surface area (Å²) in [6.07, 6.45) is 1.99. The van der Waals surface area contributed by atoms with Gasteiger partial charge in [0, 0.05) is 24.8 Å². The van der Waals surface area contributed by atoms with Crippen molar-refractivity contribution in [2.24, 2.45) is 0 Å². The fraction of sp³-hybridized carbons (Fsp3) is 0.462. The first-order chi connectivity index (χ1) is 8.65. The van der Waals surface area contributed by atoms with Gasteiger partial charge in [-0.25, -0.2) is 4.39 Å². The second-order valence-corrected chi connectivity index (χ2v) is 4.54. The van der Waals surface area contributed by atoms with Crippen LogP contribution in [0.25, 0.3) is 0 Å². The van der Waals surface area contributed by atoms with Crippen LogP contribution < -0.4 is 10.2 Å². The molecule has 1 atom stereocenters. The molecule has 2 N–H and O–H groups in total. The van der Waals surface area contributed by atoms with Gasteiger partial charge in [0.2, 0.25) is 0 Å². The molecule has 1 aromatic rings. The minimum atomic E-state index is -0.839. The first-order valence-electron chi connectivity index (χ1n) is 6.11. The molecule has 0 aromatic heterocycles. The average molecular weight is 252 g/mol. The van der Waals surface area contributed by atoms with Crippen molar-refractivity contribution in [2.45, 2.75) is 18.9 Å². The maximum absolute atomic E-state index is 12.8. The summed E-state index contributed by atoms with van der Waals surface area (Å²) in [5.74, 6) is -1.08. The molecule has 0 spiro atoms. The Bertz CT molecular complexity index is 408. The predicted molar refractivity (Wildman–Crippen MR) is 67.3 cm³/mol. The van der Waals surface area contributed by atoms with E-state index in [1.54, 1.807) is 12.1 Å². The SMILES string of the molecule is O=C(O)CNC1CCCN(c2ccc(F)cc2)C1. The van der Waals surface area contributed by atoms with E-state index >= 15 is 0 Å². The van der Waals surface area contributed by atoms with E-state index in [-0.39, 0.29) is 18.4 Å². The molecule has 98 valence electrons. The van der Waals surface area contributed by atoms with E-state index in [0.29, 0.717) is 0 Å². The highest BCUT2D eigenvalue weighted by atomic mass is 19.1. The molecule has 0 amide bonds. The Balaban J connectivity index is 1.93. The maximum Gasteiger partial charge on any atom is 0.317 e. The van der Waals surface area contributed by atoms with Gasteiger partial charge in [0.05, 0.1) is 6.54 Å². The third kappa shape index (κ3) is 3.43. The van der Waals surface area contributed by atoms with E-state index in [9.17, 15) is 9.18 Å².